The van der Waals surface area contributed by atoms with Crippen LogP contribution in [0.5, 0.6) is 11.5 Å². The van der Waals surface area contributed by atoms with Gasteiger partial charge in [-0.1, -0.05) is 31.2 Å². The van der Waals surface area contributed by atoms with Gasteiger partial charge in [-0.25, -0.2) is 0 Å². The molecule has 0 heterocycles. The van der Waals surface area contributed by atoms with Crippen molar-refractivity contribution in [1.82, 2.24) is 0 Å². The monoisotopic (exact) mass is 298 g/mol. The van der Waals surface area contributed by atoms with E-state index < -0.39 is 0 Å². The summed E-state index contributed by atoms with van der Waals surface area (Å²) in [6.45, 7) is 5.79. The number of benzene rings is 2. The smallest absolute Gasteiger partial charge is 0.119 e. The molecule has 2 aromatic rings. The summed E-state index contributed by atoms with van der Waals surface area (Å²) in [5.41, 5.74) is 2.56. The molecule has 2 aromatic carbocycles. The van der Waals surface area contributed by atoms with E-state index in [2.05, 4.69) is 44.2 Å². The summed E-state index contributed by atoms with van der Waals surface area (Å²) < 4.78 is 11.5. The zero-order valence-electron chi connectivity index (χ0n) is 13.7. The molecular formula is C20H26O2. The topological polar surface area (TPSA) is 18.5 Å². The average Bonchev–Trinajstić information content (AvgIpc) is 2.54. The number of hydrogen-bond donors (Lipinski definition) is 0. The van der Waals surface area contributed by atoms with E-state index in [9.17, 15) is 0 Å². The van der Waals surface area contributed by atoms with Gasteiger partial charge in [-0.3, -0.25) is 0 Å². The number of aryl methyl sites for hydroxylation is 2. The Balaban J connectivity index is 1.56. The van der Waals surface area contributed by atoms with Gasteiger partial charge in [-0.05, 0) is 68.0 Å². The first-order valence-corrected chi connectivity index (χ1v) is 8.19. The zero-order valence-corrected chi connectivity index (χ0v) is 13.7. The largest absolute Gasteiger partial charge is 0.494 e. The second-order valence-corrected chi connectivity index (χ2v) is 5.58. The maximum Gasteiger partial charge on any atom is 0.119 e. The predicted molar refractivity (Wildman–Crippen MR) is 91.8 cm³/mol. The second-order valence-electron chi connectivity index (χ2n) is 5.58. The molecule has 0 unspecified atom stereocenters. The summed E-state index contributed by atoms with van der Waals surface area (Å²) in [6.07, 6.45) is 4.30. The SMILES string of the molecule is CCc1cccc(OCCCCCOc2cccc(C)c2)c1. The highest BCUT2D eigenvalue weighted by molar-refractivity contribution is 5.28. The van der Waals surface area contributed by atoms with Gasteiger partial charge >= 0.3 is 0 Å². The van der Waals surface area contributed by atoms with Crippen molar-refractivity contribution in [3.8, 4) is 11.5 Å². The Morgan fingerprint density at radius 2 is 1.41 bits per heavy atom. The highest BCUT2D eigenvalue weighted by Crippen LogP contribution is 2.15. The van der Waals surface area contributed by atoms with Crippen molar-refractivity contribution in [2.24, 2.45) is 0 Å². The fraction of sp³-hybridized carbons (Fsp3) is 0.400. The van der Waals surface area contributed by atoms with Crippen molar-refractivity contribution in [2.75, 3.05) is 13.2 Å². The van der Waals surface area contributed by atoms with E-state index in [1.807, 2.05) is 18.2 Å². The first kappa shape index (κ1) is 16.4. The molecule has 0 aliphatic heterocycles. The fourth-order valence-electron chi connectivity index (χ4n) is 2.32. The van der Waals surface area contributed by atoms with Crippen LogP contribution in [0.2, 0.25) is 0 Å². The zero-order chi connectivity index (χ0) is 15.6. The van der Waals surface area contributed by atoms with Gasteiger partial charge in [-0.2, -0.15) is 0 Å². The van der Waals surface area contributed by atoms with Crippen LogP contribution in [0, 0.1) is 6.92 Å². The maximum absolute atomic E-state index is 5.79. The summed E-state index contributed by atoms with van der Waals surface area (Å²) in [4.78, 5) is 0. The summed E-state index contributed by atoms with van der Waals surface area (Å²) in [5.74, 6) is 1.95. The number of rotatable bonds is 9. The van der Waals surface area contributed by atoms with Crippen LogP contribution in [-0.4, -0.2) is 13.2 Å². The van der Waals surface area contributed by atoms with E-state index in [1.165, 1.54) is 11.1 Å². The van der Waals surface area contributed by atoms with E-state index in [0.29, 0.717) is 0 Å². The van der Waals surface area contributed by atoms with Gasteiger partial charge in [0.05, 0.1) is 13.2 Å². The quantitative estimate of drug-likeness (QED) is 0.593. The van der Waals surface area contributed by atoms with Gasteiger partial charge in [-0.15, -0.1) is 0 Å². The summed E-state index contributed by atoms with van der Waals surface area (Å²) in [5, 5.41) is 0. The van der Waals surface area contributed by atoms with Crippen molar-refractivity contribution < 1.29 is 9.47 Å². The summed E-state index contributed by atoms with van der Waals surface area (Å²) in [6, 6.07) is 16.5. The third-order valence-electron chi connectivity index (χ3n) is 3.62. The van der Waals surface area contributed by atoms with Crippen molar-refractivity contribution in [3.63, 3.8) is 0 Å². The Morgan fingerprint density at radius 1 is 0.773 bits per heavy atom. The van der Waals surface area contributed by atoms with Crippen LogP contribution in [0.25, 0.3) is 0 Å². The third-order valence-corrected chi connectivity index (χ3v) is 3.62. The van der Waals surface area contributed by atoms with Gasteiger partial charge in [0.2, 0.25) is 0 Å². The van der Waals surface area contributed by atoms with E-state index in [1.54, 1.807) is 0 Å². The van der Waals surface area contributed by atoms with Gasteiger partial charge in [0, 0.05) is 0 Å². The molecule has 0 amide bonds. The standard InChI is InChI=1S/C20H26O2/c1-3-18-10-8-12-20(16-18)22-14-6-4-5-13-21-19-11-7-9-17(2)15-19/h7-12,15-16H,3-6,13-14H2,1-2H3. The molecule has 0 saturated heterocycles. The second kappa shape index (κ2) is 9.14. The highest BCUT2D eigenvalue weighted by atomic mass is 16.5. The van der Waals surface area contributed by atoms with Crippen molar-refractivity contribution in [3.05, 3.63) is 59.7 Å². The van der Waals surface area contributed by atoms with Gasteiger partial charge < -0.3 is 9.47 Å². The molecule has 0 N–H and O–H groups in total. The molecule has 0 radical (unpaired) electrons. The molecule has 0 spiro atoms. The van der Waals surface area contributed by atoms with Crippen LogP contribution < -0.4 is 9.47 Å². The molecule has 0 aliphatic carbocycles. The minimum atomic E-state index is 0.773. The lowest BCUT2D eigenvalue weighted by molar-refractivity contribution is 0.279. The lowest BCUT2D eigenvalue weighted by Crippen LogP contribution is -2.01. The normalized spacial score (nSPS) is 10.5. The van der Waals surface area contributed by atoms with Crippen molar-refractivity contribution >= 4 is 0 Å². The van der Waals surface area contributed by atoms with Gasteiger partial charge in [0.25, 0.3) is 0 Å². The molecular weight excluding hydrogens is 272 g/mol. The van der Waals surface area contributed by atoms with E-state index in [0.717, 1.165) is 50.4 Å². The minimum Gasteiger partial charge on any atom is -0.494 e. The lowest BCUT2D eigenvalue weighted by atomic mass is 10.2. The lowest BCUT2D eigenvalue weighted by Gasteiger charge is -2.08. The van der Waals surface area contributed by atoms with Crippen LogP contribution in [0.3, 0.4) is 0 Å². The van der Waals surface area contributed by atoms with Crippen LogP contribution in [0.4, 0.5) is 0 Å². The van der Waals surface area contributed by atoms with E-state index >= 15 is 0 Å². The molecule has 0 aromatic heterocycles. The van der Waals surface area contributed by atoms with Crippen molar-refractivity contribution in [1.29, 1.82) is 0 Å². The van der Waals surface area contributed by atoms with Crippen LogP contribution in [-0.2, 0) is 6.42 Å². The third kappa shape index (κ3) is 5.80. The van der Waals surface area contributed by atoms with Crippen LogP contribution >= 0.6 is 0 Å². The first-order chi connectivity index (χ1) is 10.8. The molecule has 0 bridgehead atoms. The Morgan fingerprint density at radius 3 is 2.05 bits per heavy atom. The fourth-order valence-corrected chi connectivity index (χ4v) is 2.32. The van der Waals surface area contributed by atoms with Gasteiger partial charge in [0.1, 0.15) is 11.5 Å². The van der Waals surface area contributed by atoms with Crippen LogP contribution in [0.15, 0.2) is 48.5 Å². The van der Waals surface area contributed by atoms with Crippen LogP contribution in [0.1, 0.15) is 37.3 Å². The minimum absolute atomic E-state index is 0.773. The molecule has 2 heteroatoms. The number of hydrogen-bond acceptors (Lipinski definition) is 2. The predicted octanol–water partition coefficient (Wildman–Crippen LogP) is 5.19. The summed E-state index contributed by atoms with van der Waals surface area (Å²) in [7, 11) is 0. The highest BCUT2D eigenvalue weighted by Gasteiger charge is 1.97. The van der Waals surface area contributed by atoms with Crippen molar-refractivity contribution in [2.45, 2.75) is 39.5 Å². The Bertz CT molecular complexity index is 563. The molecule has 2 nitrogen and oxygen atoms in total. The molecule has 22 heavy (non-hydrogen) atoms. The Hall–Kier alpha value is -1.96. The first-order valence-electron chi connectivity index (χ1n) is 8.19. The Kier molecular flexibility index (Phi) is 6.82. The average molecular weight is 298 g/mol. The van der Waals surface area contributed by atoms with E-state index in [-0.39, 0.29) is 0 Å². The number of unbranched alkanes of at least 4 members (excludes halogenated alkanes) is 2. The number of ether oxygens (including phenoxy) is 2. The Labute approximate surface area is 134 Å². The molecule has 2 rings (SSSR count). The molecule has 0 saturated carbocycles. The molecule has 0 aliphatic rings. The molecule has 118 valence electrons. The summed E-state index contributed by atoms with van der Waals surface area (Å²) >= 11 is 0. The maximum atomic E-state index is 5.79. The molecule has 0 fully saturated rings. The van der Waals surface area contributed by atoms with Gasteiger partial charge in [0.15, 0.2) is 0 Å². The molecule has 0 atom stereocenters. The van der Waals surface area contributed by atoms with E-state index in [4.69, 9.17) is 9.47 Å².